The summed E-state index contributed by atoms with van der Waals surface area (Å²) in [6.45, 7) is 1.70. The summed E-state index contributed by atoms with van der Waals surface area (Å²) in [4.78, 5) is 11.8. The Balaban J connectivity index is 1.92. The van der Waals surface area contributed by atoms with E-state index in [1.807, 2.05) is 25.1 Å². The summed E-state index contributed by atoms with van der Waals surface area (Å²) < 4.78 is 23.5. The van der Waals surface area contributed by atoms with Gasteiger partial charge in [-0.1, -0.05) is 18.2 Å². The van der Waals surface area contributed by atoms with E-state index in [0.717, 1.165) is 11.3 Å². The third-order valence-electron chi connectivity index (χ3n) is 2.91. The Bertz CT molecular complexity index is 643. The first kappa shape index (κ1) is 14.8. The fourth-order valence-electron chi connectivity index (χ4n) is 1.79. The molecule has 110 valence electrons. The predicted octanol–water partition coefficient (Wildman–Crippen LogP) is 3.16. The minimum absolute atomic E-state index is 0.131. The van der Waals surface area contributed by atoms with E-state index in [2.05, 4.69) is 5.32 Å². The number of benzene rings is 2. The number of halogens is 1. The zero-order valence-electron chi connectivity index (χ0n) is 11.9. The summed E-state index contributed by atoms with van der Waals surface area (Å²) in [6, 6.07) is 11.6. The minimum Gasteiger partial charge on any atom is -0.494 e. The van der Waals surface area contributed by atoms with Crippen molar-refractivity contribution in [3.05, 3.63) is 53.8 Å². The Morgan fingerprint density at radius 1 is 1.24 bits per heavy atom. The zero-order valence-corrected chi connectivity index (χ0v) is 11.9. The highest BCUT2D eigenvalue weighted by Crippen LogP contribution is 2.22. The molecule has 2 aromatic carbocycles. The maximum absolute atomic E-state index is 13.5. The van der Waals surface area contributed by atoms with Crippen LogP contribution in [0, 0.1) is 12.7 Å². The molecular weight excluding hydrogens is 273 g/mol. The third kappa shape index (κ3) is 3.95. The maximum atomic E-state index is 13.5. The highest BCUT2D eigenvalue weighted by atomic mass is 19.1. The molecule has 0 aliphatic heterocycles. The van der Waals surface area contributed by atoms with Gasteiger partial charge in [-0.15, -0.1) is 0 Å². The summed E-state index contributed by atoms with van der Waals surface area (Å²) in [5.74, 6) is -0.435. The first-order chi connectivity index (χ1) is 10.1. The van der Waals surface area contributed by atoms with Crippen molar-refractivity contribution in [3.63, 3.8) is 0 Å². The van der Waals surface area contributed by atoms with E-state index in [1.165, 1.54) is 19.2 Å². The van der Waals surface area contributed by atoms with Gasteiger partial charge < -0.3 is 14.8 Å². The highest BCUT2D eigenvalue weighted by molar-refractivity contribution is 5.92. The van der Waals surface area contributed by atoms with E-state index in [0.29, 0.717) is 0 Å². The molecule has 0 fully saturated rings. The van der Waals surface area contributed by atoms with Gasteiger partial charge in [0.25, 0.3) is 5.91 Å². The summed E-state index contributed by atoms with van der Waals surface area (Å²) in [5.41, 5.74) is 1.69. The molecule has 1 amide bonds. The lowest BCUT2D eigenvalue weighted by molar-refractivity contribution is -0.118. The van der Waals surface area contributed by atoms with E-state index < -0.39 is 5.82 Å². The molecule has 4 nitrogen and oxygen atoms in total. The molecule has 2 rings (SSSR count). The number of anilines is 1. The molecule has 0 atom stereocenters. The van der Waals surface area contributed by atoms with Crippen LogP contribution < -0.4 is 14.8 Å². The van der Waals surface area contributed by atoms with Crippen LogP contribution >= 0.6 is 0 Å². The van der Waals surface area contributed by atoms with Crippen molar-refractivity contribution in [2.75, 3.05) is 19.0 Å². The van der Waals surface area contributed by atoms with Crippen LogP contribution in [0.1, 0.15) is 5.56 Å². The van der Waals surface area contributed by atoms with E-state index >= 15 is 0 Å². The maximum Gasteiger partial charge on any atom is 0.262 e. The van der Waals surface area contributed by atoms with Gasteiger partial charge >= 0.3 is 0 Å². The number of nitrogens with one attached hydrogen (secondary N) is 1. The number of aryl methyl sites for hydroxylation is 1. The molecule has 0 unspecified atom stereocenters. The second kappa shape index (κ2) is 6.74. The Hall–Kier alpha value is -2.56. The quantitative estimate of drug-likeness (QED) is 0.919. The van der Waals surface area contributed by atoms with Crippen molar-refractivity contribution in [2.45, 2.75) is 6.92 Å². The molecule has 5 heteroatoms. The number of hydrogen-bond acceptors (Lipinski definition) is 3. The molecule has 0 saturated carbocycles. The standard InChI is InChI=1S/C16H16FNO3/c1-11-5-3-4-6-14(11)18-16(19)10-21-12-7-8-15(20-2)13(17)9-12/h3-9H,10H2,1-2H3,(H,18,19). The van der Waals surface area contributed by atoms with Crippen molar-refractivity contribution in [2.24, 2.45) is 0 Å². The van der Waals surface area contributed by atoms with E-state index in [1.54, 1.807) is 12.1 Å². The predicted molar refractivity (Wildman–Crippen MR) is 78.3 cm³/mol. The molecule has 0 spiro atoms. The highest BCUT2D eigenvalue weighted by Gasteiger charge is 2.08. The number of carbonyl (C=O) groups is 1. The van der Waals surface area contributed by atoms with Gasteiger partial charge in [-0.2, -0.15) is 0 Å². The molecular formula is C16H16FNO3. The zero-order chi connectivity index (χ0) is 15.2. The average Bonchev–Trinajstić information content (AvgIpc) is 2.48. The summed E-state index contributed by atoms with van der Waals surface area (Å²) in [7, 11) is 1.38. The Morgan fingerprint density at radius 3 is 2.67 bits per heavy atom. The number of carbonyl (C=O) groups excluding carboxylic acids is 1. The van der Waals surface area contributed by atoms with Crippen LogP contribution in [0.3, 0.4) is 0 Å². The van der Waals surface area contributed by atoms with Crippen molar-refractivity contribution in [1.29, 1.82) is 0 Å². The SMILES string of the molecule is COc1ccc(OCC(=O)Nc2ccccc2C)cc1F. The Morgan fingerprint density at radius 2 is 2.00 bits per heavy atom. The van der Waals surface area contributed by atoms with Gasteiger partial charge in [-0.25, -0.2) is 4.39 Å². The largest absolute Gasteiger partial charge is 0.494 e. The molecule has 0 aromatic heterocycles. The number of ether oxygens (including phenoxy) is 2. The van der Waals surface area contributed by atoms with E-state index in [4.69, 9.17) is 9.47 Å². The molecule has 0 radical (unpaired) electrons. The van der Waals surface area contributed by atoms with E-state index in [9.17, 15) is 9.18 Å². The van der Waals surface area contributed by atoms with Gasteiger partial charge in [0.15, 0.2) is 18.2 Å². The van der Waals surface area contributed by atoms with Crippen molar-refractivity contribution in [3.8, 4) is 11.5 Å². The van der Waals surface area contributed by atoms with Crippen LogP contribution in [-0.2, 0) is 4.79 Å². The lowest BCUT2D eigenvalue weighted by atomic mass is 10.2. The molecule has 0 heterocycles. The average molecular weight is 289 g/mol. The molecule has 0 saturated heterocycles. The topological polar surface area (TPSA) is 47.6 Å². The number of rotatable bonds is 5. The minimum atomic E-state index is -0.533. The molecule has 21 heavy (non-hydrogen) atoms. The van der Waals surface area contributed by atoms with Crippen LogP contribution in [0.2, 0.25) is 0 Å². The van der Waals surface area contributed by atoms with Crippen molar-refractivity contribution >= 4 is 11.6 Å². The third-order valence-corrected chi connectivity index (χ3v) is 2.91. The number of methoxy groups -OCH3 is 1. The Labute approximate surface area is 122 Å². The summed E-state index contributed by atoms with van der Waals surface area (Å²) in [6.07, 6.45) is 0. The molecule has 0 bridgehead atoms. The molecule has 0 aliphatic rings. The molecule has 0 aliphatic carbocycles. The monoisotopic (exact) mass is 289 g/mol. The van der Waals surface area contributed by atoms with Gasteiger partial charge in [0.1, 0.15) is 5.75 Å². The first-order valence-electron chi connectivity index (χ1n) is 6.42. The van der Waals surface area contributed by atoms with Crippen LogP contribution in [0.25, 0.3) is 0 Å². The summed E-state index contributed by atoms with van der Waals surface area (Å²) in [5, 5.41) is 2.74. The van der Waals surface area contributed by atoms with Gasteiger partial charge in [0.05, 0.1) is 7.11 Å². The van der Waals surface area contributed by atoms with Crippen LogP contribution in [0.4, 0.5) is 10.1 Å². The Kier molecular flexibility index (Phi) is 4.77. The number of para-hydroxylation sites is 1. The molecule has 2 aromatic rings. The van der Waals surface area contributed by atoms with E-state index in [-0.39, 0.29) is 24.0 Å². The molecule has 1 N–H and O–H groups in total. The number of hydrogen-bond donors (Lipinski definition) is 1. The fourth-order valence-corrected chi connectivity index (χ4v) is 1.79. The van der Waals surface area contributed by atoms with Gasteiger partial charge in [-0.05, 0) is 30.7 Å². The second-order valence-corrected chi connectivity index (χ2v) is 4.45. The lowest BCUT2D eigenvalue weighted by Gasteiger charge is -2.10. The van der Waals surface area contributed by atoms with Gasteiger partial charge in [0, 0.05) is 11.8 Å². The number of amides is 1. The van der Waals surface area contributed by atoms with Crippen LogP contribution in [0.15, 0.2) is 42.5 Å². The smallest absolute Gasteiger partial charge is 0.262 e. The van der Waals surface area contributed by atoms with Gasteiger partial charge in [0.2, 0.25) is 0 Å². The normalized spacial score (nSPS) is 10.0. The van der Waals surface area contributed by atoms with Crippen molar-refractivity contribution in [1.82, 2.24) is 0 Å². The van der Waals surface area contributed by atoms with Crippen molar-refractivity contribution < 1.29 is 18.7 Å². The fraction of sp³-hybridized carbons (Fsp3) is 0.188. The first-order valence-corrected chi connectivity index (χ1v) is 6.42. The summed E-state index contributed by atoms with van der Waals surface area (Å²) >= 11 is 0. The lowest BCUT2D eigenvalue weighted by Crippen LogP contribution is -2.20. The van der Waals surface area contributed by atoms with Crippen LogP contribution in [0.5, 0.6) is 11.5 Å². The van der Waals surface area contributed by atoms with Gasteiger partial charge in [-0.3, -0.25) is 4.79 Å². The second-order valence-electron chi connectivity index (χ2n) is 4.45. The van der Waals surface area contributed by atoms with Crippen LogP contribution in [-0.4, -0.2) is 19.6 Å².